The van der Waals surface area contributed by atoms with Crippen molar-refractivity contribution in [3.63, 3.8) is 0 Å². The van der Waals surface area contributed by atoms with Gasteiger partial charge in [0.25, 0.3) is 5.69 Å². The van der Waals surface area contributed by atoms with Gasteiger partial charge in [-0.15, -0.1) is 0 Å². The topological polar surface area (TPSA) is 101 Å². The van der Waals surface area contributed by atoms with Crippen molar-refractivity contribution in [2.75, 3.05) is 18.1 Å². The molecule has 0 heterocycles. The van der Waals surface area contributed by atoms with Gasteiger partial charge in [-0.3, -0.25) is 10.1 Å². The molecule has 0 saturated carbocycles. The molecular formula is C11H15ClFN3O4S. The summed E-state index contributed by atoms with van der Waals surface area (Å²) in [6.45, 7) is 3.24. The molecule has 1 aromatic carbocycles. The number of benzene rings is 1. The highest BCUT2D eigenvalue weighted by molar-refractivity contribution is 7.88. The molecule has 0 fully saturated rings. The van der Waals surface area contributed by atoms with Gasteiger partial charge in [0.2, 0.25) is 10.0 Å². The SMILES string of the molecule is CC(C)(CNc1cc(Cl)c(F)cc1[N+](=O)[O-])NS(C)(=O)=O. The van der Waals surface area contributed by atoms with E-state index in [0.29, 0.717) is 6.07 Å². The maximum atomic E-state index is 13.3. The highest BCUT2D eigenvalue weighted by Crippen LogP contribution is 2.30. The fourth-order valence-electron chi connectivity index (χ4n) is 1.68. The lowest BCUT2D eigenvalue weighted by Crippen LogP contribution is -2.47. The van der Waals surface area contributed by atoms with Crippen LogP contribution < -0.4 is 10.0 Å². The van der Waals surface area contributed by atoms with Crippen molar-refractivity contribution in [3.05, 3.63) is 33.1 Å². The highest BCUT2D eigenvalue weighted by atomic mass is 35.5. The number of halogens is 2. The predicted octanol–water partition coefficient (Wildman–Crippen LogP) is 2.13. The van der Waals surface area contributed by atoms with Crippen molar-refractivity contribution >= 4 is 33.0 Å². The van der Waals surface area contributed by atoms with Gasteiger partial charge in [0.1, 0.15) is 11.5 Å². The Hall–Kier alpha value is -1.45. The van der Waals surface area contributed by atoms with E-state index in [-0.39, 0.29) is 17.3 Å². The van der Waals surface area contributed by atoms with E-state index in [0.717, 1.165) is 12.3 Å². The normalized spacial score (nSPS) is 12.2. The van der Waals surface area contributed by atoms with Crippen LogP contribution in [0.4, 0.5) is 15.8 Å². The lowest BCUT2D eigenvalue weighted by molar-refractivity contribution is -0.384. The summed E-state index contributed by atoms with van der Waals surface area (Å²) in [5.41, 5.74) is -1.37. The first-order chi connectivity index (χ1) is 9.41. The molecule has 0 aliphatic rings. The molecule has 0 saturated heterocycles. The van der Waals surface area contributed by atoms with Crippen LogP contribution in [0.1, 0.15) is 13.8 Å². The number of nitro groups is 1. The third-order valence-electron chi connectivity index (χ3n) is 2.42. The molecule has 1 aromatic rings. The maximum absolute atomic E-state index is 13.3. The second-order valence-corrected chi connectivity index (χ2v) is 7.31. The van der Waals surface area contributed by atoms with E-state index in [1.54, 1.807) is 13.8 Å². The van der Waals surface area contributed by atoms with Crippen LogP contribution in [-0.2, 0) is 10.0 Å². The van der Waals surface area contributed by atoms with E-state index in [1.165, 1.54) is 0 Å². The molecule has 0 aliphatic heterocycles. The van der Waals surface area contributed by atoms with Crippen molar-refractivity contribution < 1.29 is 17.7 Å². The lowest BCUT2D eigenvalue weighted by atomic mass is 10.1. The van der Waals surface area contributed by atoms with Crippen LogP contribution >= 0.6 is 11.6 Å². The smallest absolute Gasteiger partial charge is 0.295 e. The number of nitrogens with zero attached hydrogens (tertiary/aromatic N) is 1. The standard InChI is InChI=1S/C11H15ClFN3O4S/c1-11(2,15-21(3,19)20)6-14-9-4-7(12)8(13)5-10(9)16(17)18/h4-5,14-15H,6H2,1-3H3. The first-order valence-electron chi connectivity index (χ1n) is 5.77. The van der Waals surface area contributed by atoms with Crippen molar-refractivity contribution in [1.29, 1.82) is 0 Å². The molecule has 0 aliphatic carbocycles. The summed E-state index contributed by atoms with van der Waals surface area (Å²) in [7, 11) is -3.44. The summed E-state index contributed by atoms with van der Waals surface area (Å²) in [6.07, 6.45) is 1.01. The summed E-state index contributed by atoms with van der Waals surface area (Å²) in [5, 5.41) is 13.3. The number of hydrogen-bond donors (Lipinski definition) is 2. The molecule has 0 amide bonds. The average Bonchev–Trinajstić information content (AvgIpc) is 2.26. The summed E-state index contributed by atoms with van der Waals surface area (Å²) in [5.74, 6) is -0.901. The van der Waals surface area contributed by atoms with Crippen LogP contribution in [0, 0.1) is 15.9 Å². The Labute approximate surface area is 126 Å². The minimum atomic E-state index is -3.44. The van der Waals surface area contributed by atoms with E-state index in [2.05, 4.69) is 10.0 Å². The molecule has 0 bridgehead atoms. The Morgan fingerprint density at radius 2 is 2.00 bits per heavy atom. The van der Waals surface area contributed by atoms with Crippen LogP contribution in [-0.4, -0.2) is 31.7 Å². The van der Waals surface area contributed by atoms with Gasteiger partial charge in [-0.1, -0.05) is 11.6 Å². The predicted molar refractivity (Wildman–Crippen MR) is 78.6 cm³/mol. The van der Waals surface area contributed by atoms with Gasteiger partial charge >= 0.3 is 0 Å². The van der Waals surface area contributed by atoms with Crippen molar-refractivity contribution in [1.82, 2.24) is 4.72 Å². The molecule has 0 spiro atoms. The molecule has 0 atom stereocenters. The Balaban J connectivity index is 2.98. The Kier molecular flexibility index (Phi) is 5.13. The van der Waals surface area contributed by atoms with Crippen LogP contribution in [0.2, 0.25) is 5.02 Å². The second kappa shape index (κ2) is 6.12. The summed E-state index contributed by atoms with van der Waals surface area (Å²) in [4.78, 5) is 10.1. The zero-order valence-electron chi connectivity index (χ0n) is 11.6. The van der Waals surface area contributed by atoms with Crippen LogP contribution in [0.5, 0.6) is 0 Å². The van der Waals surface area contributed by atoms with Gasteiger partial charge in [0.05, 0.1) is 22.3 Å². The van der Waals surface area contributed by atoms with Gasteiger partial charge in [0.15, 0.2) is 0 Å². The molecular weight excluding hydrogens is 325 g/mol. The van der Waals surface area contributed by atoms with Gasteiger partial charge in [-0.05, 0) is 19.9 Å². The quantitative estimate of drug-likeness (QED) is 0.610. The van der Waals surface area contributed by atoms with E-state index < -0.39 is 32.0 Å². The van der Waals surface area contributed by atoms with E-state index in [4.69, 9.17) is 11.6 Å². The minimum Gasteiger partial charge on any atom is -0.378 e. The van der Waals surface area contributed by atoms with Gasteiger partial charge in [-0.25, -0.2) is 17.5 Å². The molecule has 118 valence electrons. The maximum Gasteiger partial charge on any atom is 0.295 e. The molecule has 1 rings (SSSR count). The Bertz CT molecular complexity index is 664. The van der Waals surface area contributed by atoms with E-state index in [1.807, 2.05) is 0 Å². The van der Waals surface area contributed by atoms with Crippen LogP contribution in [0.3, 0.4) is 0 Å². The number of sulfonamides is 1. The lowest BCUT2D eigenvalue weighted by Gasteiger charge is -2.25. The number of anilines is 1. The first-order valence-corrected chi connectivity index (χ1v) is 8.04. The van der Waals surface area contributed by atoms with Gasteiger partial charge in [-0.2, -0.15) is 0 Å². The third-order valence-corrected chi connectivity index (χ3v) is 3.63. The van der Waals surface area contributed by atoms with Crippen LogP contribution in [0.15, 0.2) is 12.1 Å². The Morgan fingerprint density at radius 3 is 2.48 bits per heavy atom. The third kappa shape index (κ3) is 5.44. The highest BCUT2D eigenvalue weighted by Gasteiger charge is 2.24. The molecule has 0 unspecified atom stereocenters. The number of hydrogen-bond acceptors (Lipinski definition) is 5. The Morgan fingerprint density at radius 1 is 1.43 bits per heavy atom. The summed E-state index contributed by atoms with van der Waals surface area (Å²) < 4.78 is 38.1. The molecule has 21 heavy (non-hydrogen) atoms. The molecule has 0 radical (unpaired) electrons. The molecule has 7 nitrogen and oxygen atoms in total. The van der Waals surface area contributed by atoms with Gasteiger partial charge < -0.3 is 5.32 Å². The van der Waals surface area contributed by atoms with Crippen molar-refractivity contribution in [2.45, 2.75) is 19.4 Å². The minimum absolute atomic E-state index is 0.00905. The largest absolute Gasteiger partial charge is 0.378 e. The van der Waals surface area contributed by atoms with Gasteiger partial charge in [0, 0.05) is 12.1 Å². The first kappa shape index (κ1) is 17.6. The summed E-state index contributed by atoms with van der Waals surface area (Å²) in [6, 6.07) is 1.80. The fourth-order valence-corrected chi connectivity index (χ4v) is 2.92. The van der Waals surface area contributed by atoms with E-state index >= 15 is 0 Å². The molecule has 0 aromatic heterocycles. The van der Waals surface area contributed by atoms with E-state index in [9.17, 15) is 22.9 Å². The summed E-state index contributed by atoms with van der Waals surface area (Å²) >= 11 is 5.60. The monoisotopic (exact) mass is 339 g/mol. The van der Waals surface area contributed by atoms with Crippen molar-refractivity contribution in [2.24, 2.45) is 0 Å². The second-order valence-electron chi connectivity index (χ2n) is 5.15. The average molecular weight is 340 g/mol. The zero-order valence-corrected chi connectivity index (χ0v) is 13.2. The molecule has 10 heteroatoms. The number of nitro benzene ring substituents is 1. The fraction of sp³-hybridized carbons (Fsp3) is 0.455. The molecule has 2 N–H and O–H groups in total. The zero-order chi connectivity index (χ0) is 16.4. The number of rotatable bonds is 6. The number of nitrogens with one attached hydrogen (secondary N) is 2. The van der Waals surface area contributed by atoms with Crippen molar-refractivity contribution in [3.8, 4) is 0 Å². The van der Waals surface area contributed by atoms with Crippen LogP contribution in [0.25, 0.3) is 0 Å².